The number of hydrogen-bond donors (Lipinski definition) is 1. The van der Waals surface area contributed by atoms with Gasteiger partial charge < -0.3 is 0 Å². The van der Waals surface area contributed by atoms with Gasteiger partial charge in [0.05, 0.1) is 10.6 Å². The van der Waals surface area contributed by atoms with E-state index in [0.717, 1.165) is 36.1 Å². The van der Waals surface area contributed by atoms with Crippen molar-refractivity contribution in [2.45, 2.75) is 30.6 Å². The van der Waals surface area contributed by atoms with Gasteiger partial charge in [-0.15, -0.1) is 0 Å². The molecule has 0 saturated carbocycles. The Labute approximate surface area is 166 Å². The van der Waals surface area contributed by atoms with Crippen LogP contribution >= 0.6 is 0 Å². The zero-order chi connectivity index (χ0) is 19.4. The van der Waals surface area contributed by atoms with Crippen LogP contribution in [0.25, 0.3) is 12.2 Å². The number of anilines is 1. The Morgan fingerprint density at radius 3 is 2.54 bits per heavy atom. The first-order valence-electron chi connectivity index (χ1n) is 9.44. The minimum absolute atomic E-state index is 0.322. The van der Waals surface area contributed by atoms with Gasteiger partial charge in [0, 0.05) is 11.9 Å². The lowest BCUT2D eigenvalue weighted by molar-refractivity contribution is 0.600. The van der Waals surface area contributed by atoms with Crippen LogP contribution < -0.4 is 4.72 Å². The third-order valence-electron chi connectivity index (χ3n) is 4.90. The fourth-order valence-electron chi connectivity index (χ4n) is 3.45. The molecule has 0 fully saturated rings. The Morgan fingerprint density at radius 2 is 1.71 bits per heavy atom. The maximum Gasteiger partial charge on any atom is 0.261 e. The second kappa shape index (κ2) is 7.98. The van der Waals surface area contributed by atoms with Crippen molar-refractivity contribution in [3.8, 4) is 0 Å². The molecule has 0 saturated heterocycles. The molecule has 142 valence electrons. The molecule has 4 rings (SSSR count). The van der Waals surface area contributed by atoms with Crippen LogP contribution in [0.4, 0.5) is 5.69 Å². The van der Waals surface area contributed by atoms with E-state index in [1.165, 1.54) is 12.0 Å². The number of pyridine rings is 1. The van der Waals surface area contributed by atoms with Crippen molar-refractivity contribution in [3.63, 3.8) is 0 Å². The lowest BCUT2D eigenvalue weighted by Gasteiger charge is -2.17. The van der Waals surface area contributed by atoms with Gasteiger partial charge in [0.15, 0.2) is 0 Å². The van der Waals surface area contributed by atoms with Crippen LogP contribution in [0.15, 0.2) is 71.8 Å². The van der Waals surface area contributed by atoms with Gasteiger partial charge >= 0.3 is 0 Å². The number of fused-ring (bicyclic) bond motifs is 1. The second-order valence-electron chi connectivity index (χ2n) is 6.96. The molecule has 0 atom stereocenters. The molecule has 3 aromatic rings. The van der Waals surface area contributed by atoms with Crippen LogP contribution in [-0.4, -0.2) is 13.4 Å². The van der Waals surface area contributed by atoms with E-state index in [9.17, 15) is 8.42 Å². The highest BCUT2D eigenvalue weighted by Gasteiger charge is 2.17. The summed E-state index contributed by atoms with van der Waals surface area (Å²) in [6.07, 6.45) is 9.84. The topological polar surface area (TPSA) is 59.1 Å². The van der Waals surface area contributed by atoms with Crippen molar-refractivity contribution in [1.29, 1.82) is 0 Å². The molecule has 1 aliphatic carbocycles. The van der Waals surface area contributed by atoms with Crippen molar-refractivity contribution in [2.24, 2.45) is 0 Å². The summed E-state index contributed by atoms with van der Waals surface area (Å²) in [5.41, 5.74) is 4.72. The van der Waals surface area contributed by atoms with E-state index >= 15 is 0 Å². The quantitative estimate of drug-likeness (QED) is 0.672. The Morgan fingerprint density at radius 1 is 0.857 bits per heavy atom. The van der Waals surface area contributed by atoms with E-state index < -0.39 is 10.0 Å². The maximum atomic E-state index is 12.8. The van der Waals surface area contributed by atoms with Crippen molar-refractivity contribution < 1.29 is 8.42 Å². The standard InChI is InChI=1S/C23H22N2O2S/c26-28(27,23-14-12-19-7-1-2-8-20(19)17-23)25-22-10-5-6-18(16-22)11-13-21-9-3-4-15-24-21/h3-6,9-17,25H,1-2,7-8H2/b13-11+. The van der Waals surface area contributed by atoms with E-state index in [1.807, 2.05) is 60.7 Å². The Bertz CT molecular complexity index is 1110. The average Bonchev–Trinajstić information content (AvgIpc) is 2.72. The summed E-state index contributed by atoms with van der Waals surface area (Å²) in [6.45, 7) is 0. The summed E-state index contributed by atoms with van der Waals surface area (Å²) < 4.78 is 28.4. The molecule has 0 radical (unpaired) electrons. The molecule has 1 heterocycles. The predicted octanol–water partition coefficient (Wildman–Crippen LogP) is 4.93. The van der Waals surface area contributed by atoms with Gasteiger partial charge in [-0.25, -0.2) is 8.42 Å². The van der Waals surface area contributed by atoms with Crippen LogP contribution in [-0.2, 0) is 22.9 Å². The zero-order valence-electron chi connectivity index (χ0n) is 15.5. The molecule has 0 amide bonds. The normalized spacial score (nSPS) is 14.0. The highest BCUT2D eigenvalue weighted by molar-refractivity contribution is 7.92. The van der Waals surface area contributed by atoms with Crippen LogP contribution in [0.5, 0.6) is 0 Å². The van der Waals surface area contributed by atoms with Gasteiger partial charge in [0.25, 0.3) is 10.0 Å². The van der Waals surface area contributed by atoms with Gasteiger partial charge in [-0.3, -0.25) is 9.71 Å². The summed E-state index contributed by atoms with van der Waals surface area (Å²) in [7, 11) is -3.62. The molecule has 28 heavy (non-hydrogen) atoms. The fraction of sp³-hybridized carbons (Fsp3) is 0.174. The largest absolute Gasteiger partial charge is 0.280 e. The maximum absolute atomic E-state index is 12.8. The molecule has 4 nitrogen and oxygen atoms in total. The summed E-state index contributed by atoms with van der Waals surface area (Å²) in [6, 6.07) is 18.5. The molecule has 5 heteroatoms. The first-order chi connectivity index (χ1) is 13.6. The van der Waals surface area contributed by atoms with E-state index in [-0.39, 0.29) is 0 Å². The first kappa shape index (κ1) is 18.4. The number of rotatable bonds is 5. The number of benzene rings is 2. The zero-order valence-corrected chi connectivity index (χ0v) is 16.3. The summed E-state index contributed by atoms with van der Waals surface area (Å²) in [5.74, 6) is 0. The number of nitrogens with zero attached hydrogens (tertiary/aromatic N) is 1. The van der Waals surface area contributed by atoms with Crippen LogP contribution in [0.2, 0.25) is 0 Å². The van der Waals surface area contributed by atoms with Crippen molar-refractivity contribution in [3.05, 3.63) is 89.2 Å². The SMILES string of the molecule is O=S(=O)(Nc1cccc(/C=C/c2ccccn2)c1)c1ccc2c(c1)CCCC2. The number of sulfonamides is 1. The minimum atomic E-state index is -3.62. The molecule has 1 aromatic heterocycles. The second-order valence-corrected chi connectivity index (χ2v) is 8.64. The molecule has 0 spiro atoms. The van der Waals surface area contributed by atoms with Crippen molar-refractivity contribution >= 4 is 27.9 Å². The Balaban J connectivity index is 1.54. The highest BCUT2D eigenvalue weighted by atomic mass is 32.2. The summed E-state index contributed by atoms with van der Waals surface area (Å²) in [4.78, 5) is 4.57. The lowest BCUT2D eigenvalue weighted by atomic mass is 9.92. The number of hydrogen-bond acceptors (Lipinski definition) is 3. The van der Waals surface area contributed by atoms with E-state index in [0.29, 0.717) is 10.6 Å². The molecule has 0 bridgehead atoms. The summed E-state index contributed by atoms with van der Waals surface area (Å²) >= 11 is 0. The lowest BCUT2D eigenvalue weighted by Crippen LogP contribution is -2.14. The minimum Gasteiger partial charge on any atom is -0.280 e. The molecule has 0 aliphatic heterocycles. The molecular formula is C23H22N2O2S. The predicted molar refractivity (Wildman–Crippen MR) is 113 cm³/mol. The van der Waals surface area contributed by atoms with Crippen molar-refractivity contribution in [1.82, 2.24) is 4.98 Å². The third kappa shape index (κ3) is 4.31. The van der Waals surface area contributed by atoms with Crippen LogP contribution in [0, 0.1) is 0 Å². The monoisotopic (exact) mass is 390 g/mol. The molecule has 0 unspecified atom stereocenters. The Hall–Kier alpha value is -2.92. The third-order valence-corrected chi connectivity index (χ3v) is 6.28. The van der Waals surface area contributed by atoms with Gasteiger partial charge in [-0.05, 0) is 84.8 Å². The van der Waals surface area contributed by atoms with Crippen molar-refractivity contribution in [2.75, 3.05) is 4.72 Å². The van der Waals surface area contributed by atoms with E-state index in [1.54, 1.807) is 18.3 Å². The van der Waals surface area contributed by atoms with Crippen LogP contribution in [0.1, 0.15) is 35.2 Å². The smallest absolute Gasteiger partial charge is 0.261 e. The average molecular weight is 391 g/mol. The molecule has 2 aromatic carbocycles. The van der Waals surface area contributed by atoms with Gasteiger partial charge in [-0.2, -0.15) is 0 Å². The number of nitrogens with one attached hydrogen (secondary N) is 1. The molecule has 1 N–H and O–H groups in total. The first-order valence-corrected chi connectivity index (χ1v) is 10.9. The summed E-state index contributed by atoms with van der Waals surface area (Å²) in [5, 5.41) is 0. The van der Waals surface area contributed by atoms with Crippen LogP contribution in [0.3, 0.4) is 0 Å². The fourth-order valence-corrected chi connectivity index (χ4v) is 4.55. The molecular weight excluding hydrogens is 368 g/mol. The van der Waals surface area contributed by atoms with Gasteiger partial charge in [-0.1, -0.05) is 30.3 Å². The van der Waals surface area contributed by atoms with E-state index in [2.05, 4.69) is 9.71 Å². The van der Waals surface area contributed by atoms with Gasteiger partial charge in [0.1, 0.15) is 0 Å². The number of aromatic nitrogens is 1. The van der Waals surface area contributed by atoms with E-state index in [4.69, 9.17) is 0 Å². The highest BCUT2D eigenvalue weighted by Crippen LogP contribution is 2.25. The Kier molecular flexibility index (Phi) is 5.26. The molecule has 1 aliphatic rings. The van der Waals surface area contributed by atoms with Gasteiger partial charge in [0.2, 0.25) is 0 Å². The number of aryl methyl sites for hydroxylation is 2.